The van der Waals surface area contributed by atoms with Gasteiger partial charge in [0.1, 0.15) is 0 Å². The van der Waals surface area contributed by atoms with Gasteiger partial charge in [0.2, 0.25) is 0 Å². The molecule has 0 amide bonds. The molecule has 0 saturated carbocycles. The molecule has 2 nitrogen and oxygen atoms in total. The molecule has 1 heterocycles. The molecule has 0 aromatic rings. The van der Waals surface area contributed by atoms with Crippen molar-refractivity contribution in [2.24, 2.45) is 5.10 Å². The smallest absolute Gasteiger partial charge is 0.0472 e. The summed E-state index contributed by atoms with van der Waals surface area (Å²) >= 11 is 0. The van der Waals surface area contributed by atoms with Gasteiger partial charge in [0.15, 0.2) is 0 Å². The zero-order valence-electron chi connectivity index (χ0n) is 4.28. The summed E-state index contributed by atoms with van der Waals surface area (Å²) in [7, 11) is 0. The van der Waals surface area contributed by atoms with Crippen LogP contribution in [0, 0.1) is 0 Å². The number of allylic oxidation sites excluding steroid dienone is 3. The first-order chi connectivity index (χ1) is 3.50. The van der Waals surface area contributed by atoms with Crippen LogP contribution in [-0.4, -0.2) is 32.4 Å². The Morgan fingerprint density at radius 1 is 1.12 bits per heavy atom. The van der Waals surface area contributed by atoms with Gasteiger partial charge in [0, 0.05) is 38.6 Å². The summed E-state index contributed by atoms with van der Waals surface area (Å²) in [4.78, 5) is 0. The van der Waals surface area contributed by atoms with Crippen molar-refractivity contribution in [3.63, 3.8) is 0 Å². The van der Waals surface area contributed by atoms with Gasteiger partial charge in [0.05, 0.1) is 0 Å². The minimum absolute atomic E-state index is 0. The van der Waals surface area contributed by atoms with Gasteiger partial charge < -0.3 is 0 Å². The molecule has 0 fully saturated rings. The fraction of sp³-hybridized carbons (Fsp3) is 0. The molecular formula is C5H6BiN2. The molecule has 0 atom stereocenters. The number of nitrogens with zero attached hydrogens (tertiary/aromatic N) is 1. The van der Waals surface area contributed by atoms with Gasteiger partial charge in [-0.25, -0.2) is 0 Å². The van der Waals surface area contributed by atoms with Crippen molar-refractivity contribution in [2.45, 2.75) is 0 Å². The van der Waals surface area contributed by atoms with Crippen molar-refractivity contribution in [1.29, 1.82) is 0 Å². The number of hydrogen-bond donors (Lipinski definition) is 1. The maximum atomic E-state index is 3.72. The summed E-state index contributed by atoms with van der Waals surface area (Å²) in [5.41, 5.74) is 2.67. The summed E-state index contributed by atoms with van der Waals surface area (Å²) in [5, 5.41) is 3.72. The first-order valence-corrected chi connectivity index (χ1v) is 2.10. The number of hydrazone groups is 1. The fourth-order valence-electron chi connectivity index (χ4n) is 0.342. The van der Waals surface area contributed by atoms with Crippen molar-refractivity contribution in [2.75, 3.05) is 0 Å². The third kappa shape index (κ3) is 2.92. The van der Waals surface area contributed by atoms with Crippen molar-refractivity contribution in [3.05, 3.63) is 24.4 Å². The standard InChI is InChI=1S/C5H6N2.Bi/c1-2-4-6-7-5-3-1;/h1-6H;. The van der Waals surface area contributed by atoms with Gasteiger partial charge in [0.25, 0.3) is 0 Å². The topological polar surface area (TPSA) is 24.4 Å². The average molecular weight is 303 g/mol. The first-order valence-electron chi connectivity index (χ1n) is 2.10. The molecule has 0 saturated heterocycles. The second kappa shape index (κ2) is 4.98. The van der Waals surface area contributed by atoms with Crippen LogP contribution in [0.3, 0.4) is 0 Å². The molecule has 0 spiro atoms. The second-order valence-electron chi connectivity index (χ2n) is 1.15. The maximum absolute atomic E-state index is 3.72. The van der Waals surface area contributed by atoms with E-state index in [1.54, 1.807) is 12.4 Å². The Morgan fingerprint density at radius 2 is 2.00 bits per heavy atom. The molecule has 3 heteroatoms. The zero-order valence-corrected chi connectivity index (χ0v) is 7.76. The molecule has 41 valence electrons. The first kappa shape index (κ1) is 7.83. The Morgan fingerprint density at radius 3 is 2.88 bits per heavy atom. The Bertz CT molecular complexity index is 112. The van der Waals surface area contributed by atoms with Crippen LogP contribution in [0.4, 0.5) is 0 Å². The van der Waals surface area contributed by atoms with E-state index in [-0.39, 0.29) is 26.2 Å². The van der Waals surface area contributed by atoms with E-state index in [0.717, 1.165) is 0 Å². The Balaban J connectivity index is 0.000000490. The summed E-state index contributed by atoms with van der Waals surface area (Å²) in [6, 6.07) is 0. The average Bonchev–Trinajstić information content (AvgIpc) is 1.90. The summed E-state index contributed by atoms with van der Waals surface area (Å²) < 4.78 is 0. The predicted molar refractivity (Wildman–Crippen MR) is 35.7 cm³/mol. The zero-order chi connectivity index (χ0) is 4.95. The minimum Gasteiger partial charge on any atom is -0.286 e. The van der Waals surface area contributed by atoms with Crippen LogP contribution < -0.4 is 5.43 Å². The van der Waals surface area contributed by atoms with E-state index in [2.05, 4.69) is 10.5 Å². The molecule has 0 unspecified atom stereocenters. The van der Waals surface area contributed by atoms with Crippen molar-refractivity contribution in [3.8, 4) is 0 Å². The quantitative estimate of drug-likeness (QED) is 0.638. The molecule has 1 aliphatic rings. The van der Waals surface area contributed by atoms with E-state index in [9.17, 15) is 0 Å². The molecule has 0 aliphatic carbocycles. The molecular weight excluding hydrogens is 297 g/mol. The molecule has 1 N–H and O–H groups in total. The molecule has 0 bridgehead atoms. The second-order valence-corrected chi connectivity index (χ2v) is 1.15. The van der Waals surface area contributed by atoms with Crippen LogP contribution in [-0.2, 0) is 0 Å². The van der Waals surface area contributed by atoms with Crippen LogP contribution in [0.5, 0.6) is 0 Å². The summed E-state index contributed by atoms with van der Waals surface area (Å²) in [6.45, 7) is 0. The fourth-order valence-corrected chi connectivity index (χ4v) is 0.342. The Hall–Kier alpha value is -0.167. The summed E-state index contributed by atoms with van der Waals surface area (Å²) in [6.07, 6.45) is 9.10. The van der Waals surface area contributed by atoms with Crippen LogP contribution >= 0.6 is 0 Å². The molecule has 1 rings (SSSR count). The van der Waals surface area contributed by atoms with Crippen molar-refractivity contribution >= 4 is 32.4 Å². The monoisotopic (exact) mass is 303 g/mol. The van der Waals surface area contributed by atoms with Gasteiger partial charge in [-0.15, -0.1) is 0 Å². The normalized spacial score (nSPS) is 14.0. The van der Waals surface area contributed by atoms with Gasteiger partial charge in [-0.3, -0.25) is 5.43 Å². The predicted octanol–water partition coefficient (Wildman–Crippen LogP) is 0.265. The van der Waals surface area contributed by atoms with E-state index in [1.807, 2.05) is 18.2 Å². The van der Waals surface area contributed by atoms with Crippen LogP contribution in [0.2, 0.25) is 0 Å². The van der Waals surface area contributed by atoms with E-state index in [0.29, 0.717) is 0 Å². The SMILES string of the molecule is C1=CC=NNC=C1.[Bi]. The van der Waals surface area contributed by atoms with E-state index in [1.165, 1.54) is 0 Å². The maximum Gasteiger partial charge on any atom is 0.0472 e. The van der Waals surface area contributed by atoms with Gasteiger partial charge in [-0.2, -0.15) is 5.10 Å². The van der Waals surface area contributed by atoms with Crippen LogP contribution in [0.25, 0.3) is 0 Å². The van der Waals surface area contributed by atoms with Crippen molar-refractivity contribution in [1.82, 2.24) is 5.43 Å². The van der Waals surface area contributed by atoms with E-state index >= 15 is 0 Å². The largest absolute Gasteiger partial charge is 0.286 e. The molecule has 0 aromatic carbocycles. The van der Waals surface area contributed by atoms with Gasteiger partial charge in [-0.1, -0.05) is 6.08 Å². The van der Waals surface area contributed by atoms with Gasteiger partial charge in [-0.05, 0) is 12.2 Å². The molecule has 8 heavy (non-hydrogen) atoms. The third-order valence-corrected chi connectivity index (χ3v) is 0.628. The molecule has 3 radical (unpaired) electrons. The van der Waals surface area contributed by atoms with Crippen molar-refractivity contribution < 1.29 is 0 Å². The number of hydrogen-bond acceptors (Lipinski definition) is 2. The van der Waals surface area contributed by atoms with Gasteiger partial charge >= 0.3 is 0 Å². The summed E-state index contributed by atoms with van der Waals surface area (Å²) in [5.74, 6) is 0. The third-order valence-electron chi connectivity index (χ3n) is 0.628. The molecule has 0 aromatic heterocycles. The Labute approximate surface area is 67.5 Å². The number of nitrogens with one attached hydrogen (secondary N) is 1. The molecule has 1 aliphatic heterocycles. The van der Waals surface area contributed by atoms with Crippen LogP contribution in [0.15, 0.2) is 29.5 Å². The van der Waals surface area contributed by atoms with E-state index in [4.69, 9.17) is 0 Å². The van der Waals surface area contributed by atoms with E-state index < -0.39 is 0 Å². The van der Waals surface area contributed by atoms with Crippen LogP contribution in [0.1, 0.15) is 0 Å². The Kier molecular flexibility index (Phi) is 4.88. The number of rotatable bonds is 0. The minimum atomic E-state index is 0.